The van der Waals surface area contributed by atoms with Gasteiger partial charge in [0.25, 0.3) is 0 Å². The van der Waals surface area contributed by atoms with Crippen molar-refractivity contribution >= 4 is 17.3 Å². The van der Waals surface area contributed by atoms with Gasteiger partial charge in [-0.1, -0.05) is 11.6 Å². The molecule has 2 aromatic rings. The summed E-state index contributed by atoms with van der Waals surface area (Å²) in [6.07, 6.45) is 3.45. The molecule has 0 unspecified atom stereocenters. The molecule has 0 saturated carbocycles. The highest BCUT2D eigenvalue weighted by Gasteiger charge is 2.05. The van der Waals surface area contributed by atoms with E-state index in [0.717, 1.165) is 11.3 Å². The van der Waals surface area contributed by atoms with Crippen LogP contribution in [0.15, 0.2) is 30.6 Å². The molecule has 0 aliphatic heterocycles. The Labute approximate surface area is 105 Å². The monoisotopic (exact) mass is 249 g/mol. The van der Waals surface area contributed by atoms with Crippen LogP contribution < -0.4 is 10.1 Å². The summed E-state index contributed by atoms with van der Waals surface area (Å²) in [7, 11) is 3.40. The Morgan fingerprint density at radius 1 is 1.24 bits per heavy atom. The van der Waals surface area contributed by atoms with Gasteiger partial charge < -0.3 is 10.1 Å². The van der Waals surface area contributed by atoms with E-state index in [1.54, 1.807) is 31.6 Å². The number of nitrogens with zero attached hydrogens (tertiary/aromatic N) is 2. The van der Waals surface area contributed by atoms with Gasteiger partial charge in [-0.05, 0) is 18.2 Å². The van der Waals surface area contributed by atoms with Crippen LogP contribution in [0.4, 0.5) is 5.69 Å². The van der Waals surface area contributed by atoms with Gasteiger partial charge in [0.1, 0.15) is 5.75 Å². The van der Waals surface area contributed by atoms with Crippen LogP contribution in [0.1, 0.15) is 0 Å². The lowest BCUT2D eigenvalue weighted by Crippen LogP contribution is -1.93. The minimum atomic E-state index is 0.547. The van der Waals surface area contributed by atoms with Crippen molar-refractivity contribution in [2.45, 2.75) is 0 Å². The average Bonchev–Trinajstić information content (AvgIpc) is 2.39. The maximum Gasteiger partial charge on any atom is 0.159 e. The Kier molecular flexibility index (Phi) is 3.44. The normalized spacial score (nSPS) is 10.1. The molecule has 0 atom stereocenters. The zero-order valence-corrected chi connectivity index (χ0v) is 10.3. The number of ether oxygens (including phenoxy) is 1. The molecule has 1 heterocycles. The van der Waals surface area contributed by atoms with E-state index in [2.05, 4.69) is 15.3 Å². The van der Waals surface area contributed by atoms with Gasteiger partial charge in [-0.2, -0.15) is 0 Å². The highest BCUT2D eigenvalue weighted by molar-refractivity contribution is 6.32. The number of rotatable bonds is 3. The van der Waals surface area contributed by atoms with E-state index in [1.807, 2.05) is 13.1 Å². The third-order valence-electron chi connectivity index (χ3n) is 2.35. The summed E-state index contributed by atoms with van der Waals surface area (Å²) in [6.45, 7) is 0. The molecule has 0 bridgehead atoms. The Balaban J connectivity index is 2.35. The fourth-order valence-electron chi connectivity index (χ4n) is 1.41. The van der Waals surface area contributed by atoms with Crippen molar-refractivity contribution in [3.8, 4) is 17.1 Å². The number of aromatic nitrogens is 2. The van der Waals surface area contributed by atoms with Crippen LogP contribution in [0.2, 0.25) is 5.02 Å². The summed E-state index contributed by atoms with van der Waals surface area (Å²) in [5, 5.41) is 3.51. The number of hydrogen-bond acceptors (Lipinski definition) is 4. The number of halogens is 1. The first-order valence-corrected chi connectivity index (χ1v) is 5.46. The molecule has 5 heteroatoms. The molecule has 0 fully saturated rings. The van der Waals surface area contributed by atoms with Crippen molar-refractivity contribution in [2.75, 3.05) is 19.5 Å². The van der Waals surface area contributed by atoms with Gasteiger partial charge in [0.15, 0.2) is 5.82 Å². The van der Waals surface area contributed by atoms with E-state index < -0.39 is 0 Å². The number of nitrogens with one attached hydrogen (secondary N) is 1. The molecule has 17 heavy (non-hydrogen) atoms. The molecule has 2 rings (SSSR count). The van der Waals surface area contributed by atoms with Crippen LogP contribution in [0.25, 0.3) is 11.4 Å². The highest BCUT2D eigenvalue weighted by Crippen LogP contribution is 2.28. The van der Waals surface area contributed by atoms with Crippen molar-refractivity contribution in [2.24, 2.45) is 0 Å². The van der Waals surface area contributed by atoms with Crippen molar-refractivity contribution in [3.05, 3.63) is 35.6 Å². The smallest absolute Gasteiger partial charge is 0.159 e. The first-order chi connectivity index (χ1) is 8.24. The van der Waals surface area contributed by atoms with E-state index in [9.17, 15) is 0 Å². The zero-order valence-electron chi connectivity index (χ0n) is 9.57. The number of methoxy groups -OCH3 is 1. The lowest BCUT2D eigenvalue weighted by atomic mass is 10.2. The molecule has 88 valence electrons. The summed E-state index contributed by atoms with van der Waals surface area (Å²) < 4.78 is 5.09. The highest BCUT2D eigenvalue weighted by atomic mass is 35.5. The van der Waals surface area contributed by atoms with Crippen LogP contribution in [0, 0.1) is 0 Å². The van der Waals surface area contributed by atoms with Crippen LogP contribution >= 0.6 is 11.6 Å². The largest absolute Gasteiger partial charge is 0.495 e. The molecule has 0 aliphatic carbocycles. The molecule has 1 aromatic heterocycles. The van der Waals surface area contributed by atoms with E-state index in [1.165, 1.54) is 0 Å². The molecule has 0 spiro atoms. The van der Waals surface area contributed by atoms with E-state index in [4.69, 9.17) is 16.3 Å². The van der Waals surface area contributed by atoms with Crippen LogP contribution in [-0.4, -0.2) is 24.1 Å². The summed E-state index contributed by atoms with van der Waals surface area (Å²) in [6, 6.07) is 5.46. The molecule has 4 nitrogen and oxygen atoms in total. The summed E-state index contributed by atoms with van der Waals surface area (Å²) >= 11 is 6.05. The Hall–Kier alpha value is -1.81. The standard InChI is InChI=1S/C12H12ClN3O/c1-14-9-6-15-12(16-7-9)8-3-4-11(17-2)10(13)5-8/h3-7,14H,1-2H3. The predicted molar refractivity (Wildman–Crippen MR) is 68.6 cm³/mol. The van der Waals surface area contributed by atoms with E-state index >= 15 is 0 Å². The molecule has 0 radical (unpaired) electrons. The van der Waals surface area contributed by atoms with Gasteiger partial charge in [-0.25, -0.2) is 9.97 Å². The number of benzene rings is 1. The van der Waals surface area contributed by atoms with Crippen LogP contribution in [-0.2, 0) is 0 Å². The molecule has 0 saturated heterocycles. The fourth-order valence-corrected chi connectivity index (χ4v) is 1.67. The quantitative estimate of drug-likeness (QED) is 0.909. The van der Waals surface area contributed by atoms with E-state index in [-0.39, 0.29) is 0 Å². The topological polar surface area (TPSA) is 47.0 Å². The van der Waals surface area contributed by atoms with Crippen molar-refractivity contribution in [1.82, 2.24) is 9.97 Å². The lowest BCUT2D eigenvalue weighted by Gasteiger charge is -2.05. The Bertz CT molecular complexity index is 514. The molecular weight excluding hydrogens is 238 g/mol. The van der Waals surface area contributed by atoms with Crippen LogP contribution in [0.3, 0.4) is 0 Å². The number of anilines is 1. The molecule has 1 N–H and O–H groups in total. The minimum Gasteiger partial charge on any atom is -0.495 e. The maximum absolute atomic E-state index is 6.05. The Morgan fingerprint density at radius 3 is 2.47 bits per heavy atom. The van der Waals surface area contributed by atoms with Crippen molar-refractivity contribution in [3.63, 3.8) is 0 Å². The minimum absolute atomic E-state index is 0.547. The summed E-state index contributed by atoms with van der Waals surface area (Å²) in [5.41, 5.74) is 1.73. The second-order valence-corrected chi connectivity index (χ2v) is 3.80. The van der Waals surface area contributed by atoms with Crippen molar-refractivity contribution < 1.29 is 4.74 Å². The summed E-state index contributed by atoms with van der Waals surface area (Å²) in [4.78, 5) is 8.49. The van der Waals surface area contributed by atoms with Gasteiger partial charge in [0.05, 0.1) is 30.2 Å². The van der Waals surface area contributed by atoms with Gasteiger partial charge in [0.2, 0.25) is 0 Å². The van der Waals surface area contributed by atoms with E-state index in [0.29, 0.717) is 16.6 Å². The molecule has 0 amide bonds. The van der Waals surface area contributed by atoms with Gasteiger partial charge in [-0.3, -0.25) is 0 Å². The first-order valence-electron chi connectivity index (χ1n) is 5.08. The molecular formula is C12H12ClN3O. The maximum atomic E-state index is 6.05. The predicted octanol–water partition coefficient (Wildman–Crippen LogP) is 2.85. The zero-order chi connectivity index (χ0) is 12.3. The second-order valence-electron chi connectivity index (χ2n) is 3.39. The molecule has 1 aromatic carbocycles. The van der Waals surface area contributed by atoms with Gasteiger partial charge in [0, 0.05) is 12.6 Å². The SMILES string of the molecule is CNc1cnc(-c2ccc(OC)c(Cl)c2)nc1. The summed E-state index contributed by atoms with van der Waals surface area (Å²) in [5.74, 6) is 1.27. The van der Waals surface area contributed by atoms with Crippen molar-refractivity contribution in [1.29, 1.82) is 0 Å². The second kappa shape index (κ2) is 5.01. The first kappa shape index (κ1) is 11.7. The number of hydrogen-bond donors (Lipinski definition) is 1. The van der Waals surface area contributed by atoms with Crippen LogP contribution in [0.5, 0.6) is 5.75 Å². The van der Waals surface area contributed by atoms with Gasteiger partial charge >= 0.3 is 0 Å². The third-order valence-corrected chi connectivity index (χ3v) is 2.65. The lowest BCUT2D eigenvalue weighted by molar-refractivity contribution is 0.415. The Morgan fingerprint density at radius 2 is 1.94 bits per heavy atom. The molecule has 0 aliphatic rings. The fraction of sp³-hybridized carbons (Fsp3) is 0.167. The van der Waals surface area contributed by atoms with Gasteiger partial charge in [-0.15, -0.1) is 0 Å². The average molecular weight is 250 g/mol. The third kappa shape index (κ3) is 2.47.